The third kappa shape index (κ3) is 4.43. The minimum Gasteiger partial charge on any atom is -0.390 e. The van der Waals surface area contributed by atoms with Gasteiger partial charge in [-0.25, -0.2) is 0 Å². The number of carbonyl (C=O) groups excluding carboxylic acids is 1. The van der Waals surface area contributed by atoms with Crippen LogP contribution < -0.4 is 0 Å². The number of amides is 1. The van der Waals surface area contributed by atoms with E-state index in [1.165, 1.54) is 0 Å². The van der Waals surface area contributed by atoms with E-state index >= 15 is 0 Å². The van der Waals surface area contributed by atoms with Crippen LogP contribution in [0.3, 0.4) is 0 Å². The Bertz CT molecular complexity index is 569. The summed E-state index contributed by atoms with van der Waals surface area (Å²) in [5.41, 5.74) is 1.05. The van der Waals surface area contributed by atoms with Gasteiger partial charge in [-0.05, 0) is 11.6 Å². The average Bonchev–Trinajstić information content (AvgIpc) is 2.99. The van der Waals surface area contributed by atoms with Crippen LogP contribution in [0.4, 0.5) is 0 Å². The zero-order valence-corrected chi connectivity index (χ0v) is 15.1. The van der Waals surface area contributed by atoms with Crippen molar-refractivity contribution in [2.45, 2.75) is 17.9 Å². The van der Waals surface area contributed by atoms with Crippen LogP contribution in [0.1, 0.15) is 5.56 Å². The number of thioether (sulfide) groups is 1. The number of likely N-dealkylation sites (tertiary alicyclic amines) is 1. The van der Waals surface area contributed by atoms with Gasteiger partial charge < -0.3 is 14.7 Å². The fourth-order valence-electron chi connectivity index (χ4n) is 3.20. The first-order valence-electron chi connectivity index (χ1n) is 8.24. The summed E-state index contributed by atoms with van der Waals surface area (Å²) >= 11 is 7.70. The molecule has 1 amide bonds. The largest absolute Gasteiger partial charge is 0.390 e. The summed E-state index contributed by atoms with van der Waals surface area (Å²) in [6.07, 6.45) is -0.472. The molecule has 24 heavy (non-hydrogen) atoms. The predicted molar refractivity (Wildman–Crippen MR) is 96.4 cm³/mol. The number of rotatable bonds is 5. The van der Waals surface area contributed by atoms with Crippen molar-refractivity contribution in [3.8, 4) is 0 Å². The van der Waals surface area contributed by atoms with Crippen molar-refractivity contribution in [2.75, 3.05) is 45.1 Å². The SMILES string of the molecule is O=C(CSCc1ccccc1Cl)N1C[C@H](O)[C@@H](N2CCOCC2)C1. The molecule has 0 aromatic heterocycles. The van der Waals surface area contributed by atoms with Gasteiger partial charge in [-0.2, -0.15) is 0 Å². The fourth-order valence-corrected chi connectivity index (χ4v) is 4.41. The number of nitrogens with zero attached hydrogens (tertiary/aromatic N) is 2. The highest BCUT2D eigenvalue weighted by atomic mass is 35.5. The number of hydrogen-bond acceptors (Lipinski definition) is 5. The second-order valence-corrected chi connectivity index (χ2v) is 7.56. The minimum atomic E-state index is -0.472. The number of hydrogen-bond donors (Lipinski definition) is 1. The molecule has 7 heteroatoms. The van der Waals surface area contributed by atoms with Crippen molar-refractivity contribution >= 4 is 29.3 Å². The zero-order chi connectivity index (χ0) is 16.9. The molecule has 1 aromatic rings. The van der Waals surface area contributed by atoms with Gasteiger partial charge in [-0.3, -0.25) is 9.69 Å². The van der Waals surface area contributed by atoms with Gasteiger partial charge in [-0.1, -0.05) is 29.8 Å². The third-order valence-electron chi connectivity index (χ3n) is 4.57. The second-order valence-electron chi connectivity index (χ2n) is 6.17. The number of carbonyl (C=O) groups is 1. The Balaban J connectivity index is 1.46. The van der Waals surface area contributed by atoms with Crippen LogP contribution >= 0.6 is 23.4 Å². The van der Waals surface area contributed by atoms with Gasteiger partial charge >= 0.3 is 0 Å². The quantitative estimate of drug-likeness (QED) is 0.850. The zero-order valence-electron chi connectivity index (χ0n) is 13.6. The van der Waals surface area contributed by atoms with Crippen LogP contribution in [0.2, 0.25) is 5.02 Å². The van der Waals surface area contributed by atoms with Crippen molar-refractivity contribution < 1.29 is 14.6 Å². The van der Waals surface area contributed by atoms with E-state index in [2.05, 4.69) is 4.90 Å². The lowest BCUT2D eigenvalue weighted by Gasteiger charge is -2.33. The third-order valence-corrected chi connectivity index (χ3v) is 5.90. The summed E-state index contributed by atoms with van der Waals surface area (Å²) < 4.78 is 5.36. The van der Waals surface area contributed by atoms with Crippen LogP contribution in [0, 0.1) is 0 Å². The van der Waals surface area contributed by atoms with Gasteiger partial charge in [0.1, 0.15) is 0 Å². The summed E-state index contributed by atoms with van der Waals surface area (Å²) in [5, 5.41) is 11.0. The Morgan fingerprint density at radius 2 is 2.04 bits per heavy atom. The maximum absolute atomic E-state index is 12.4. The Morgan fingerprint density at radius 1 is 1.29 bits per heavy atom. The number of morpholine rings is 1. The Morgan fingerprint density at radius 3 is 2.79 bits per heavy atom. The lowest BCUT2D eigenvalue weighted by atomic mass is 10.2. The van der Waals surface area contributed by atoms with E-state index in [0.29, 0.717) is 37.8 Å². The molecule has 2 atom stereocenters. The van der Waals surface area contributed by atoms with E-state index in [4.69, 9.17) is 16.3 Å². The van der Waals surface area contributed by atoms with Gasteiger partial charge in [-0.15, -0.1) is 11.8 Å². The van der Waals surface area contributed by atoms with Crippen LogP contribution in [-0.4, -0.2) is 78.1 Å². The summed E-state index contributed by atoms with van der Waals surface area (Å²) in [6.45, 7) is 4.08. The van der Waals surface area contributed by atoms with E-state index in [9.17, 15) is 9.90 Å². The second kappa shape index (κ2) is 8.54. The molecule has 3 rings (SSSR count). The molecule has 1 aromatic carbocycles. The number of ether oxygens (including phenoxy) is 1. The highest BCUT2D eigenvalue weighted by Crippen LogP contribution is 2.22. The van der Waals surface area contributed by atoms with Crippen LogP contribution in [-0.2, 0) is 15.3 Å². The molecule has 2 aliphatic rings. The molecule has 132 valence electrons. The van der Waals surface area contributed by atoms with Gasteiger partial charge in [0.15, 0.2) is 0 Å². The summed E-state index contributed by atoms with van der Waals surface area (Å²) in [7, 11) is 0. The first-order chi connectivity index (χ1) is 11.6. The lowest BCUT2D eigenvalue weighted by molar-refractivity contribution is -0.127. The van der Waals surface area contributed by atoms with E-state index < -0.39 is 6.10 Å². The molecular formula is C17H23ClN2O3S. The monoisotopic (exact) mass is 370 g/mol. The smallest absolute Gasteiger partial charge is 0.232 e. The number of β-amino-alcohol motifs (C(OH)–C–C–N with tert-alkyl or cyclic N) is 1. The van der Waals surface area contributed by atoms with Crippen molar-refractivity contribution in [3.05, 3.63) is 34.9 Å². The number of halogens is 1. The molecule has 0 aliphatic carbocycles. The fraction of sp³-hybridized carbons (Fsp3) is 0.588. The maximum Gasteiger partial charge on any atom is 0.232 e. The summed E-state index contributed by atoms with van der Waals surface area (Å²) in [6, 6.07) is 7.73. The Labute approximate surface area is 151 Å². The molecule has 2 heterocycles. The number of aliphatic hydroxyl groups is 1. The number of aliphatic hydroxyl groups excluding tert-OH is 1. The predicted octanol–water partition coefficient (Wildman–Crippen LogP) is 1.48. The van der Waals surface area contributed by atoms with E-state index in [0.717, 1.165) is 23.7 Å². The molecular weight excluding hydrogens is 348 g/mol. The maximum atomic E-state index is 12.4. The highest BCUT2D eigenvalue weighted by molar-refractivity contribution is 7.99. The molecule has 0 saturated carbocycles. The van der Waals surface area contributed by atoms with Crippen LogP contribution in [0.15, 0.2) is 24.3 Å². The molecule has 0 radical (unpaired) electrons. The van der Waals surface area contributed by atoms with Crippen molar-refractivity contribution in [2.24, 2.45) is 0 Å². The van der Waals surface area contributed by atoms with Crippen molar-refractivity contribution in [1.82, 2.24) is 9.80 Å². The average molecular weight is 371 g/mol. The summed E-state index contributed by atoms with van der Waals surface area (Å²) in [4.78, 5) is 16.4. The van der Waals surface area contributed by atoms with Crippen molar-refractivity contribution in [1.29, 1.82) is 0 Å². The molecule has 5 nitrogen and oxygen atoms in total. The van der Waals surface area contributed by atoms with Crippen molar-refractivity contribution in [3.63, 3.8) is 0 Å². The molecule has 0 unspecified atom stereocenters. The van der Waals surface area contributed by atoms with E-state index in [1.807, 2.05) is 24.3 Å². The molecule has 0 spiro atoms. The van der Waals surface area contributed by atoms with Gasteiger partial charge in [0.05, 0.1) is 31.1 Å². The Kier molecular flexibility index (Phi) is 6.41. The number of benzene rings is 1. The normalized spacial score (nSPS) is 25.2. The molecule has 1 N–H and O–H groups in total. The van der Waals surface area contributed by atoms with Crippen LogP contribution in [0.25, 0.3) is 0 Å². The van der Waals surface area contributed by atoms with Crippen LogP contribution in [0.5, 0.6) is 0 Å². The molecule has 0 bridgehead atoms. The highest BCUT2D eigenvalue weighted by Gasteiger charge is 2.37. The summed E-state index contributed by atoms with van der Waals surface area (Å²) in [5.74, 6) is 1.21. The van der Waals surface area contributed by atoms with Gasteiger partial charge in [0.25, 0.3) is 0 Å². The molecule has 2 saturated heterocycles. The van der Waals surface area contributed by atoms with E-state index in [1.54, 1.807) is 16.7 Å². The Hall–Kier alpha value is -0.790. The first-order valence-corrected chi connectivity index (χ1v) is 9.77. The standard InChI is InChI=1S/C17H23ClN2O3S/c18-14-4-2-1-3-13(14)11-24-12-17(22)20-9-15(16(21)10-20)19-5-7-23-8-6-19/h1-4,15-16,21H,5-12H2/t15-,16-/m0/s1. The minimum absolute atomic E-state index is 0.0337. The van der Waals surface area contributed by atoms with Gasteiger partial charge in [0, 0.05) is 37.0 Å². The van der Waals surface area contributed by atoms with Gasteiger partial charge in [0.2, 0.25) is 5.91 Å². The molecule has 2 aliphatic heterocycles. The lowest BCUT2D eigenvalue weighted by Crippen LogP contribution is -2.49. The first kappa shape index (κ1) is 18.0. The van der Waals surface area contributed by atoms with E-state index in [-0.39, 0.29) is 11.9 Å². The molecule has 2 fully saturated rings. The topological polar surface area (TPSA) is 53.0 Å².